The number of aromatic hydroxyl groups is 1. The second kappa shape index (κ2) is 3.73. The largest absolute Gasteiger partial charge is 0.502 e. The molecule has 0 saturated heterocycles. The van der Waals surface area contributed by atoms with Gasteiger partial charge in [-0.2, -0.15) is 0 Å². The molecule has 2 N–H and O–H groups in total. The summed E-state index contributed by atoms with van der Waals surface area (Å²) in [6, 6.07) is 4.07. The molecule has 6 nitrogen and oxygen atoms in total. The van der Waals surface area contributed by atoms with Gasteiger partial charge in [-0.25, -0.2) is 0 Å². The van der Waals surface area contributed by atoms with Gasteiger partial charge in [-0.05, 0) is 24.5 Å². The average molecular weight is 237 g/mol. The fourth-order valence-corrected chi connectivity index (χ4v) is 2.01. The molecule has 90 valence electrons. The molecule has 0 heterocycles. The van der Waals surface area contributed by atoms with Crippen LogP contribution in [-0.2, 0) is 10.2 Å². The lowest BCUT2D eigenvalue weighted by molar-refractivity contribution is -0.385. The summed E-state index contributed by atoms with van der Waals surface area (Å²) in [4.78, 5) is 20.7. The van der Waals surface area contributed by atoms with E-state index in [0.29, 0.717) is 18.4 Å². The summed E-state index contributed by atoms with van der Waals surface area (Å²) < 4.78 is 0. The van der Waals surface area contributed by atoms with E-state index in [4.69, 9.17) is 5.11 Å². The van der Waals surface area contributed by atoms with Gasteiger partial charge in [0.1, 0.15) is 0 Å². The Morgan fingerprint density at radius 3 is 2.59 bits per heavy atom. The molecular weight excluding hydrogens is 226 g/mol. The number of nitro benzene ring substituents is 1. The number of hydrogen-bond acceptors (Lipinski definition) is 4. The molecule has 0 unspecified atom stereocenters. The SMILES string of the molecule is O=C(O)CC1(c2ccc(O)c([N+](=O)[O-])c2)CC1. The summed E-state index contributed by atoms with van der Waals surface area (Å²) in [5.41, 5.74) is -0.242. The second-order valence-corrected chi connectivity index (χ2v) is 4.31. The van der Waals surface area contributed by atoms with Gasteiger partial charge in [0.25, 0.3) is 0 Å². The van der Waals surface area contributed by atoms with Crippen LogP contribution in [0.4, 0.5) is 5.69 Å². The molecule has 0 aromatic heterocycles. The first-order chi connectivity index (χ1) is 7.94. The van der Waals surface area contributed by atoms with Crippen LogP contribution in [0, 0.1) is 10.1 Å². The summed E-state index contributed by atoms with van der Waals surface area (Å²) in [6.07, 6.45) is 1.39. The zero-order valence-corrected chi connectivity index (χ0v) is 8.92. The Kier molecular flexibility index (Phi) is 2.49. The van der Waals surface area contributed by atoms with Crippen molar-refractivity contribution >= 4 is 11.7 Å². The second-order valence-electron chi connectivity index (χ2n) is 4.31. The highest BCUT2D eigenvalue weighted by Gasteiger charge is 2.46. The first-order valence-electron chi connectivity index (χ1n) is 5.14. The fourth-order valence-electron chi connectivity index (χ4n) is 2.01. The zero-order chi connectivity index (χ0) is 12.6. The number of phenols is 1. The van der Waals surface area contributed by atoms with Gasteiger partial charge in [-0.3, -0.25) is 14.9 Å². The Morgan fingerprint density at radius 2 is 2.12 bits per heavy atom. The number of rotatable bonds is 4. The van der Waals surface area contributed by atoms with E-state index < -0.39 is 22.1 Å². The van der Waals surface area contributed by atoms with Gasteiger partial charge in [-0.1, -0.05) is 6.07 Å². The maximum atomic E-state index is 10.7. The van der Waals surface area contributed by atoms with E-state index in [-0.39, 0.29) is 12.1 Å². The molecule has 0 atom stereocenters. The van der Waals surface area contributed by atoms with Crippen molar-refractivity contribution in [2.24, 2.45) is 0 Å². The van der Waals surface area contributed by atoms with Gasteiger partial charge in [0.2, 0.25) is 0 Å². The van der Waals surface area contributed by atoms with Crippen LogP contribution in [0.3, 0.4) is 0 Å². The maximum absolute atomic E-state index is 10.7. The van der Waals surface area contributed by atoms with Crippen molar-refractivity contribution in [2.45, 2.75) is 24.7 Å². The number of hydrogen-bond donors (Lipinski definition) is 2. The van der Waals surface area contributed by atoms with Crippen molar-refractivity contribution in [3.8, 4) is 5.75 Å². The van der Waals surface area contributed by atoms with Gasteiger partial charge in [0.15, 0.2) is 5.75 Å². The average Bonchev–Trinajstić information content (AvgIpc) is 2.97. The Hall–Kier alpha value is -2.11. The monoisotopic (exact) mass is 237 g/mol. The normalized spacial score (nSPS) is 16.5. The molecule has 1 aromatic rings. The van der Waals surface area contributed by atoms with Crippen molar-refractivity contribution in [3.63, 3.8) is 0 Å². The van der Waals surface area contributed by atoms with Gasteiger partial charge < -0.3 is 10.2 Å². The first-order valence-corrected chi connectivity index (χ1v) is 5.14. The number of phenolic OH excluding ortho intramolecular Hbond substituents is 1. The van der Waals surface area contributed by atoms with Gasteiger partial charge in [0, 0.05) is 11.5 Å². The number of carbonyl (C=O) groups is 1. The minimum atomic E-state index is -0.918. The molecule has 0 spiro atoms. The highest BCUT2D eigenvalue weighted by Crippen LogP contribution is 2.52. The molecule has 0 radical (unpaired) electrons. The van der Waals surface area contributed by atoms with Crippen molar-refractivity contribution in [3.05, 3.63) is 33.9 Å². The molecule has 1 saturated carbocycles. The lowest BCUT2D eigenvalue weighted by Gasteiger charge is -2.12. The summed E-state index contributed by atoms with van der Waals surface area (Å²) in [6.45, 7) is 0. The molecule has 1 aliphatic rings. The van der Waals surface area contributed by atoms with Crippen LogP contribution in [-0.4, -0.2) is 21.1 Å². The van der Waals surface area contributed by atoms with Gasteiger partial charge >= 0.3 is 11.7 Å². The third kappa shape index (κ3) is 2.06. The van der Waals surface area contributed by atoms with Crippen LogP contribution < -0.4 is 0 Å². The highest BCUT2D eigenvalue weighted by molar-refractivity contribution is 5.70. The number of carboxylic acid groups (broad SMARTS) is 1. The van der Waals surface area contributed by atoms with Crippen molar-refractivity contribution in [2.75, 3.05) is 0 Å². The summed E-state index contributed by atoms with van der Waals surface area (Å²) >= 11 is 0. The lowest BCUT2D eigenvalue weighted by Crippen LogP contribution is -2.13. The number of nitro groups is 1. The molecule has 0 bridgehead atoms. The Morgan fingerprint density at radius 1 is 1.47 bits per heavy atom. The van der Waals surface area contributed by atoms with Gasteiger partial charge in [-0.15, -0.1) is 0 Å². The van der Waals surface area contributed by atoms with E-state index in [9.17, 15) is 20.0 Å². The number of carboxylic acids is 1. The van der Waals surface area contributed by atoms with Gasteiger partial charge in [0.05, 0.1) is 11.3 Å². The van der Waals surface area contributed by atoms with E-state index in [1.165, 1.54) is 12.1 Å². The Balaban J connectivity index is 2.37. The first kappa shape index (κ1) is 11.4. The third-order valence-corrected chi connectivity index (χ3v) is 3.13. The summed E-state index contributed by atoms with van der Waals surface area (Å²) in [7, 11) is 0. The van der Waals surface area contributed by atoms with Crippen LogP contribution in [0.5, 0.6) is 5.75 Å². The molecule has 2 rings (SSSR count). The molecular formula is C11H11NO5. The molecule has 1 aromatic carbocycles. The Bertz CT molecular complexity index is 493. The van der Waals surface area contributed by atoms with E-state index in [0.717, 1.165) is 0 Å². The lowest BCUT2D eigenvalue weighted by atomic mass is 9.92. The summed E-state index contributed by atoms with van der Waals surface area (Å²) in [5.74, 6) is -1.32. The summed E-state index contributed by atoms with van der Waals surface area (Å²) in [5, 5.41) is 28.8. The number of aliphatic carboxylic acids is 1. The molecule has 0 amide bonds. The topological polar surface area (TPSA) is 101 Å². The van der Waals surface area contributed by atoms with Crippen LogP contribution in [0.2, 0.25) is 0 Å². The third-order valence-electron chi connectivity index (χ3n) is 3.13. The predicted molar refractivity (Wildman–Crippen MR) is 57.9 cm³/mol. The van der Waals surface area contributed by atoms with E-state index >= 15 is 0 Å². The molecule has 6 heteroatoms. The van der Waals surface area contributed by atoms with Crippen LogP contribution in [0.1, 0.15) is 24.8 Å². The van der Waals surface area contributed by atoms with Crippen molar-refractivity contribution in [1.29, 1.82) is 0 Å². The van der Waals surface area contributed by atoms with Crippen LogP contribution in [0.15, 0.2) is 18.2 Å². The van der Waals surface area contributed by atoms with E-state index in [1.54, 1.807) is 6.07 Å². The minimum Gasteiger partial charge on any atom is -0.502 e. The smallest absolute Gasteiger partial charge is 0.310 e. The number of benzene rings is 1. The maximum Gasteiger partial charge on any atom is 0.310 e. The highest BCUT2D eigenvalue weighted by atomic mass is 16.6. The van der Waals surface area contributed by atoms with Crippen LogP contribution >= 0.6 is 0 Å². The van der Waals surface area contributed by atoms with Crippen molar-refractivity contribution in [1.82, 2.24) is 0 Å². The quantitative estimate of drug-likeness (QED) is 0.614. The van der Waals surface area contributed by atoms with E-state index in [2.05, 4.69) is 0 Å². The van der Waals surface area contributed by atoms with Crippen LogP contribution in [0.25, 0.3) is 0 Å². The molecule has 17 heavy (non-hydrogen) atoms. The zero-order valence-electron chi connectivity index (χ0n) is 8.92. The van der Waals surface area contributed by atoms with E-state index in [1.807, 2.05) is 0 Å². The molecule has 1 fully saturated rings. The molecule has 0 aliphatic heterocycles. The van der Waals surface area contributed by atoms with Crippen molar-refractivity contribution < 1.29 is 19.9 Å². The molecule has 1 aliphatic carbocycles. The number of nitrogens with zero attached hydrogens (tertiary/aromatic N) is 1. The standard InChI is InChI=1S/C11H11NO5/c13-9-2-1-7(5-8(9)12(16)17)11(3-4-11)6-10(14)15/h1-2,5,13H,3-4,6H2,(H,14,15). The predicted octanol–water partition coefficient (Wildman–Crippen LogP) is 1.81. The minimum absolute atomic E-state index is 0.0328. The fraction of sp³-hybridized carbons (Fsp3) is 0.364. The Labute approximate surface area is 96.7 Å².